The van der Waals surface area contributed by atoms with Gasteiger partial charge in [0.25, 0.3) is 0 Å². The maximum Gasteiger partial charge on any atom is 0.227 e. The number of aromatic nitrogens is 1. The molecule has 0 spiro atoms. The number of rotatable bonds is 2. The molecular weight excluding hydrogens is 300 g/mol. The molecule has 22 heavy (non-hydrogen) atoms. The first kappa shape index (κ1) is 15.3. The fourth-order valence-corrected chi connectivity index (χ4v) is 3.91. The van der Waals surface area contributed by atoms with Gasteiger partial charge < -0.3 is 14.7 Å². The molecule has 2 amide bonds. The summed E-state index contributed by atoms with van der Waals surface area (Å²) in [7, 11) is 0. The minimum absolute atomic E-state index is 0.0240. The molecule has 3 heterocycles. The Hall–Kier alpha value is -1.63. The molecule has 120 valence electrons. The third-order valence-electron chi connectivity index (χ3n) is 4.50. The lowest BCUT2D eigenvalue weighted by Crippen LogP contribution is -2.53. The van der Waals surface area contributed by atoms with Gasteiger partial charge in [-0.1, -0.05) is 0 Å². The van der Waals surface area contributed by atoms with Crippen molar-refractivity contribution in [3.05, 3.63) is 11.6 Å². The lowest BCUT2D eigenvalue weighted by atomic mass is 9.96. The molecule has 6 nitrogen and oxygen atoms in total. The number of piperazine rings is 1. The van der Waals surface area contributed by atoms with Crippen LogP contribution in [0.2, 0.25) is 0 Å². The first-order valence-electron chi connectivity index (χ1n) is 7.84. The van der Waals surface area contributed by atoms with E-state index in [0.717, 1.165) is 50.7 Å². The third-order valence-corrected chi connectivity index (χ3v) is 5.33. The van der Waals surface area contributed by atoms with E-state index in [1.165, 1.54) is 0 Å². The van der Waals surface area contributed by atoms with Gasteiger partial charge in [0.15, 0.2) is 5.13 Å². The number of carbonyl (C=O) groups excluding carboxylic acids is 2. The Bertz CT molecular complexity index is 526. The Labute approximate surface area is 134 Å². The second-order valence-corrected chi connectivity index (χ2v) is 6.80. The summed E-state index contributed by atoms with van der Waals surface area (Å²) in [6, 6.07) is 0. The lowest BCUT2D eigenvalue weighted by molar-refractivity contribution is -0.140. The Balaban J connectivity index is 1.54. The van der Waals surface area contributed by atoms with Crippen molar-refractivity contribution in [2.45, 2.75) is 19.8 Å². The molecule has 2 fully saturated rings. The summed E-state index contributed by atoms with van der Waals surface area (Å²) in [6.45, 7) is 6.12. The number of thiazole rings is 1. The highest BCUT2D eigenvalue weighted by Gasteiger charge is 2.31. The summed E-state index contributed by atoms with van der Waals surface area (Å²) in [4.78, 5) is 34.5. The number of hydrogen-bond acceptors (Lipinski definition) is 5. The number of amides is 2. The maximum atomic E-state index is 12.7. The minimum Gasteiger partial charge on any atom is -0.345 e. The SMILES string of the molecule is CC(=O)N1CCC[C@H](C(=O)N2CCN(c3nccs3)CC2)C1. The predicted octanol–water partition coefficient (Wildman–Crippen LogP) is 1.05. The van der Waals surface area contributed by atoms with Crippen molar-refractivity contribution in [3.63, 3.8) is 0 Å². The van der Waals surface area contributed by atoms with Gasteiger partial charge >= 0.3 is 0 Å². The van der Waals surface area contributed by atoms with E-state index >= 15 is 0 Å². The molecule has 0 bridgehead atoms. The van der Waals surface area contributed by atoms with Crippen LogP contribution in [0.5, 0.6) is 0 Å². The number of nitrogens with zero attached hydrogens (tertiary/aromatic N) is 4. The highest BCUT2D eigenvalue weighted by Crippen LogP contribution is 2.22. The zero-order valence-corrected chi connectivity index (χ0v) is 13.7. The molecule has 1 atom stereocenters. The zero-order valence-electron chi connectivity index (χ0n) is 12.9. The van der Waals surface area contributed by atoms with Crippen molar-refractivity contribution >= 4 is 28.3 Å². The normalized spacial score (nSPS) is 22.8. The lowest BCUT2D eigenvalue weighted by Gasteiger charge is -2.38. The Morgan fingerprint density at radius 2 is 1.95 bits per heavy atom. The highest BCUT2D eigenvalue weighted by atomic mass is 32.1. The highest BCUT2D eigenvalue weighted by molar-refractivity contribution is 7.13. The summed E-state index contributed by atoms with van der Waals surface area (Å²) >= 11 is 1.64. The van der Waals surface area contributed by atoms with Crippen molar-refractivity contribution in [3.8, 4) is 0 Å². The molecule has 0 aromatic carbocycles. The van der Waals surface area contributed by atoms with Crippen molar-refractivity contribution < 1.29 is 9.59 Å². The van der Waals surface area contributed by atoms with E-state index in [1.807, 2.05) is 16.5 Å². The second-order valence-electron chi connectivity index (χ2n) is 5.93. The molecule has 0 N–H and O–H groups in total. The quantitative estimate of drug-likeness (QED) is 0.817. The van der Waals surface area contributed by atoms with Crippen molar-refractivity contribution in [2.24, 2.45) is 5.92 Å². The van der Waals surface area contributed by atoms with Crippen LogP contribution in [-0.2, 0) is 9.59 Å². The molecule has 7 heteroatoms. The molecule has 3 rings (SSSR count). The van der Waals surface area contributed by atoms with Gasteiger partial charge in [-0.3, -0.25) is 9.59 Å². The second kappa shape index (κ2) is 6.64. The summed E-state index contributed by atoms with van der Waals surface area (Å²) in [5, 5.41) is 3.01. The molecule has 0 saturated carbocycles. The van der Waals surface area contributed by atoms with Crippen LogP contribution in [-0.4, -0.2) is 65.9 Å². The standard InChI is InChI=1S/C15H22N4O2S/c1-12(20)19-5-2-3-13(11-19)14(21)17-6-8-18(9-7-17)15-16-4-10-22-15/h4,10,13H,2-3,5-9,11H2,1H3/t13-/m0/s1. The molecule has 0 unspecified atom stereocenters. The zero-order chi connectivity index (χ0) is 15.5. The van der Waals surface area contributed by atoms with E-state index < -0.39 is 0 Å². The molecule has 0 radical (unpaired) electrons. The van der Waals surface area contributed by atoms with Crippen LogP contribution in [0.3, 0.4) is 0 Å². The van der Waals surface area contributed by atoms with Crippen LogP contribution in [0.15, 0.2) is 11.6 Å². The van der Waals surface area contributed by atoms with Crippen LogP contribution < -0.4 is 4.90 Å². The molecule has 0 aliphatic carbocycles. The largest absolute Gasteiger partial charge is 0.345 e. The fourth-order valence-electron chi connectivity index (χ4n) is 3.21. The van der Waals surface area contributed by atoms with Crippen molar-refractivity contribution in [1.29, 1.82) is 0 Å². The monoisotopic (exact) mass is 322 g/mol. The molecule has 1 aromatic heterocycles. The van der Waals surface area contributed by atoms with Gasteiger partial charge in [0.05, 0.1) is 5.92 Å². The average Bonchev–Trinajstić information content (AvgIpc) is 3.09. The topological polar surface area (TPSA) is 56.8 Å². The van der Waals surface area contributed by atoms with Gasteiger partial charge in [0.1, 0.15) is 0 Å². The van der Waals surface area contributed by atoms with E-state index in [9.17, 15) is 9.59 Å². The Morgan fingerprint density at radius 1 is 1.18 bits per heavy atom. The third kappa shape index (κ3) is 3.24. The van der Waals surface area contributed by atoms with Gasteiger partial charge in [-0.2, -0.15) is 0 Å². The Morgan fingerprint density at radius 3 is 2.59 bits per heavy atom. The molecule has 2 aliphatic rings. The maximum absolute atomic E-state index is 12.7. The van der Waals surface area contributed by atoms with Crippen LogP contribution >= 0.6 is 11.3 Å². The van der Waals surface area contributed by atoms with Crippen LogP contribution in [0.1, 0.15) is 19.8 Å². The smallest absolute Gasteiger partial charge is 0.227 e. The van der Waals surface area contributed by atoms with Crippen molar-refractivity contribution in [1.82, 2.24) is 14.8 Å². The fraction of sp³-hybridized carbons (Fsp3) is 0.667. The summed E-state index contributed by atoms with van der Waals surface area (Å²) in [6.07, 6.45) is 3.64. The number of piperidine rings is 1. The van der Waals surface area contributed by atoms with Gasteiger partial charge in [-0.15, -0.1) is 11.3 Å². The van der Waals surface area contributed by atoms with Crippen LogP contribution in [0, 0.1) is 5.92 Å². The molecular formula is C15H22N4O2S. The number of anilines is 1. The summed E-state index contributed by atoms with van der Waals surface area (Å²) in [5.41, 5.74) is 0. The summed E-state index contributed by atoms with van der Waals surface area (Å²) < 4.78 is 0. The molecule has 1 aromatic rings. The van der Waals surface area contributed by atoms with Gasteiger partial charge in [-0.05, 0) is 12.8 Å². The van der Waals surface area contributed by atoms with Crippen LogP contribution in [0.4, 0.5) is 5.13 Å². The van der Waals surface area contributed by atoms with Gasteiger partial charge in [0.2, 0.25) is 11.8 Å². The van der Waals surface area contributed by atoms with Gasteiger partial charge in [-0.25, -0.2) is 4.98 Å². The van der Waals surface area contributed by atoms with E-state index in [4.69, 9.17) is 0 Å². The first-order chi connectivity index (χ1) is 10.6. The van der Waals surface area contributed by atoms with E-state index in [-0.39, 0.29) is 17.7 Å². The van der Waals surface area contributed by atoms with Gasteiger partial charge in [0, 0.05) is 57.8 Å². The minimum atomic E-state index is -0.0240. The van der Waals surface area contributed by atoms with Crippen LogP contribution in [0.25, 0.3) is 0 Å². The van der Waals surface area contributed by atoms with E-state index in [2.05, 4.69) is 9.88 Å². The van der Waals surface area contributed by atoms with Crippen molar-refractivity contribution in [2.75, 3.05) is 44.2 Å². The number of carbonyl (C=O) groups is 2. The number of hydrogen-bond donors (Lipinski definition) is 0. The summed E-state index contributed by atoms with van der Waals surface area (Å²) in [5.74, 6) is 0.264. The predicted molar refractivity (Wildman–Crippen MR) is 85.9 cm³/mol. The molecule has 2 saturated heterocycles. The van der Waals surface area contributed by atoms with E-state index in [1.54, 1.807) is 23.2 Å². The average molecular weight is 322 g/mol. The number of likely N-dealkylation sites (tertiary alicyclic amines) is 1. The Kier molecular flexibility index (Phi) is 4.61. The first-order valence-corrected chi connectivity index (χ1v) is 8.72. The molecule has 2 aliphatic heterocycles. The van der Waals surface area contributed by atoms with E-state index in [0.29, 0.717) is 6.54 Å².